The van der Waals surface area contributed by atoms with Crippen LogP contribution in [0.5, 0.6) is 0 Å². The Balaban J connectivity index is 1.18. The lowest BCUT2D eigenvalue weighted by Gasteiger charge is -2.49. The van der Waals surface area contributed by atoms with Gasteiger partial charge in [0.2, 0.25) is 11.8 Å². The molecule has 1 aromatic rings. The maximum absolute atomic E-state index is 15.3. The summed E-state index contributed by atoms with van der Waals surface area (Å²) in [6, 6.07) is 4.31. The lowest BCUT2D eigenvalue weighted by molar-refractivity contribution is -0.224. The number of rotatable bonds is 21. The van der Waals surface area contributed by atoms with Gasteiger partial charge in [0, 0.05) is 25.7 Å². The number of carbonyl (C=O) groups excluding carboxylic acids is 4. The second-order valence-corrected chi connectivity index (χ2v) is 19.8. The number of epoxide rings is 1. The molecule has 1 aromatic carbocycles. The molecular weight excluding hydrogens is 811 g/mol. The number of hydrogen-bond donors (Lipinski definition) is 4. The van der Waals surface area contributed by atoms with Crippen molar-refractivity contribution in [2.75, 3.05) is 6.61 Å². The van der Waals surface area contributed by atoms with Crippen molar-refractivity contribution >= 4 is 29.8 Å². The van der Waals surface area contributed by atoms with Crippen LogP contribution in [0.25, 0.3) is 6.08 Å². The minimum Gasteiger partial charge on any atom is -0.460 e. The molecule has 12 unspecified atom stereocenters. The summed E-state index contributed by atoms with van der Waals surface area (Å²) in [7, 11) is 0. The summed E-state index contributed by atoms with van der Waals surface area (Å²) in [5.74, 6) is -3.13. The number of amides is 2. The summed E-state index contributed by atoms with van der Waals surface area (Å²) in [6.07, 6.45) is 10.5. The Morgan fingerprint density at radius 3 is 2.37 bits per heavy atom. The maximum Gasteiger partial charge on any atom is 0.327 e. The van der Waals surface area contributed by atoms with Crippen LogP contribution in [-0.4, -0.2) is 118 Å². The normalized spacial score (nSPS) is 32.0. The number of carbonyl (C=O) groups is 4. The highest BCUT2D eigenvalue weighted by Gasteiger charge is 2.76. The van der Waals surface area contributed by atoms with Gasteiger partial charge in [0.05, 0.1) is 37.5 Å². The van der Waals surface area contributed by atoms with Gasteiger partial charge in [0.1, 0.15) is 41.5 Å². The first-order valence-corrected chi connectivity index (χ1v) is 23.6. The molecule has 2 bridgehead atoms. The molecule has 4 heterocycles. The first kappa shape index (κ1) is 47.5. The number of nitrogens with zero attached hydrogens (tertiary/aromatic N) is 1. The molecule has 4 N–H and O–H groups in total. The van der Waals surface area contributed by atoms with E-state index in [0.29, 0.717) is 31.0 Å². The van der Waals surface area contributed by atoms with Crippen molar-refractivity contribution in [3.8, 4) is 0 Å². The third-order valence-electron chi connectivity index (χ3n) is 13.7. The average molecular weight is 882 g/mol. The van der Waals surface area contributed by atoms with Crippen molar-refractivity contribution in [2.24, 2.45) is 11.3 Å². The van der Waals surface area contributed by atoms with Crippen molar-refractivity contribution in [1.82, 2.24) is 15.7 Å². The third-order valence-corrected chi connectivity index (χ3v) is 13.7. The van der Waals surface area contributed by atoms with Crippen molar-refractivity contribution in [1.29, 1.82) is 0 Å². The van der Waals surface area contributed by atoms with Gasteiger partial charge in [-0.15, -0.1) is 0 Å². The zero-order valence-electron chi connectivity index (χ0n) is 38.1. The predicted octanol–water partition coefficient (Wildman–Crippen LogP) is 5.17. The summed E-state index contributed by atoms with van der Waals surface area (Å²) in [6.45, 7) is 10.6. The Morgan fingerprint density at radius 1 is 0.984 bits per heavy atom. The number of nitrogens with one attached hydrogen (secondary N) is 2. The molecule has 7 rings (SSSR count). The second kappa shape index (κ2) is 20.0. The minimum absolute atomic E-state index is 0.0394. The Morgan fingerprint density at radius 2 is 1.70 bits per heavy atom. The minimum atomic E-state index is -1.61. The summed E-state index contributed by atoms with van der Waals surface area (Å²) in [5, 5.41) is 28.3. The van der Waals surface area contributed by atoms with Crippen molar-refractivity contribution in [3.63, 3.8) is 0 Å². The van der Waals surface area contributed by atoms with Crippen LogP contribution >= 0.6 is 0 Å². The van der Waals surface area contributed by atoms with Crippen molar-refractivity contribution in [3.05, 3.63) is 41.5 Å². The third kappa shape index (κ3) is 10.7. The van der Waals surface area contributed by atoms with E-state index in [1.165, 1.54) is 6.92 Å². The van der Waals surface area contributed by atoms with Gasteiger partial charge in [0.15, 0.2) is 11.8 Å². The van der Waals surface area contributed by atoms with Gasteiger partial charge in [-0.3, -0.25) is 24.0 Å². The quantitative estimate of drug-likeness (QED) is 0.0719. The molecule has 15 nitrogen and oxygen atoms in total. The fourth-order valence-electron chi connectivity index (χ4n) is 10.4. The van der Waals surface area contributed by atoms with E-state index in [-0.39, 0.29) is 25.8 Å². The van der Waals surface area contributed by atoms with Crippen LogP contribution in [0.3, 0.4) is 0 Å². The number of aliphatic hydroxyl groups is 2. The van der Waals surface area contributed by atoms with Gasteiger partial charge >= 0.3 is 11.9 Å². The lowest BCUT2D eigenvalue weighted by Crippen LogP contribution is -2.71. The zero-order chi connectivity index (χ0) is 45.1. The zero-order valence-corrected chi connectivity index (χ0v) is 38.1. The standard InChI is InChI=1S/C48H71N3O12/c1-7-9-13-23-47(24-14-10-8-2)61-39-36-26-48(45(57)50-38(29(3)53)43(55)49-33(28-52)20-22-37(54)60-46(4,5)6)41(44(56)59-36)51(63-42(48)40(39)62-47)27-32-16-12-11-15-31(32)19-17-30-18-21-34-35(25-30)58-34/h11-12,15-17,19,29-30,33-36,38-42,52-53H,7-10,13-14,18,20-28H2,1-6H3,(H,49,55)(H,50,57). The summed E-state index contributed by atoms with van der Waals surface area (Å²) >= 11 is 0. The Bertz CT molecular complexity index is 1810. The molecule has 63 heavy (non-hydrogen) atoms. The van der Waals surface area contributed by atoms with Gasteiger partial charge in [-0.25, -0.2) is 0 Å². The summed E-state index contributed by atoms with van der Waals surface area (Å²) in [4.78, 5) is 63.0. The van der Waals surface area contributed by atoms with Gasteiger partial charge in [-0.2, -0.15) is 5.06 Å². The number of unbranched alkanes of at least 4 members (excludes halogenated alkanes) is 4. The molecule has 4 saturated heterocycles. The van der Waals surface area contributed by atoms with E-state index < -0.39 is 95.8 Å². The Labute approximate surface area is 372 Å². The average Bonchev–Trinajstić information content (AvgIpc) is 3.78. The number of ether oxygens (including phenoxy) is 5. The monoisotopic (exact) mass is 882 g/mol. The predicted molar refractivity (Wildman–Crippen MR) is 231 cm³/mol. The number of aliphatic hydroxyl groups excluding tert-OH is 2. The van der Waals surface area contributed by atoms with Gasteiger partial charge in [-0.05, 0) is 83.3 Å². The van der Waals surface area contributed by atoms with Crippen molar-refractivity contribution in [2.45, 2.75) is 210 Å². The molecular formula is C48H71N3O12. The molecule has 350 valence electrons. The highest BCUT2D eigenvalue weighted by atomic mass is 16.8. The first-order chi connectivity index (χ1) is 30.1. The summed E-state index contributed by atoms with van der Waals surface area (Å²) in [5.41, 5.74) is -0.478. The van der Waals surface area contributed by atoms with Crippen LogP contribution in [-0.2, 0) is 54.2 Å². The molecule has 2 amide bonds. The molecule has 6 fully saturated rings. The van der Waals surface area contributed by atoms with Gasteiger partial charge in [-0.1, -0.05) is 75.9 Å². The van der Waals surface area contributed by atoms with Crippen LogP contribution < -0.4 is 10.6 Å². The molecule has 6 aliphatic rings. The van der Waals surface area contributed by atoms with Gasteiger partial charge < -0.3 is 44.5 Å². The van der Waals surface area contributed by atoms with E-state index >= 15 is 4.79 Å². The number of benzene rings is 1. The molecule has 2 aliphatic carbocycles. The van der Waals surface area contributed by atoms with Gasteiger partial charge in [0.25, 0.3) is 0 Å². The van der Waals surface area contributed by atoms with E-state index in [1.807, 2.05) is 24.3 Å². The Hall–Kier alpha value is -3.44. The summed E-state index contributed by atoms with van der Waals surface area (Å²) < 4.78 is 31.3. The number of hydrogen-bond acceptors (Lipinski definition) is 13. The molecule has 15 heteroatoms. The molecule has 2 saturated carbocycles. The van der Waals surface area contributed by atoms with E-state index in [9.17, 15) is 24.6 Å². The largest absolute Gasteiger partial charge is 0.460 e. The number of allylic oxidation sites excluding steroid dienone is 1. The smallest absolute Gasteiger partial charge is 0.327 e. The van der Waals surface area contributed by atoms with Crippen LogP contribution in [0, 0.1) is 11.3 Å². The molecule has 0 aromatic heterocycles. The Kier molecular flexibility index (Phi) is 15.1. The number of hydroxylamine groups is 2. The fourth-order valence-corrected chi connectivity index (χ4v) is 10.4. The lowest BCUT2D eigenvalue weighted by atomic mass is 9.62. The van der Waals surface area contributed by atoms with Crippen LogP contribution in [0.2, 0.25) is 0 Å². The molecule has 0 spiro atoms. The molecule has 0 radical (unpaired) electrons. The second-order valence-electron chi connectivity index (χ2n) is 19.8. The fraction of sp³-hybridized carbons (Fsp3) is 0.750. The number of fused-ring (bicyclic) bond motifs is 5. The van der Waals surface area contributed by atoms with E-state index in [0.717, 1.165) is 68.9 Å². The van der Waals surface area contributed by atoms with E-state index in [4.69, 9.17) is 28.5 Å². The first-order valence-electron chi connectivity index (χ1n) is 23.6. The molecule has 4 aliphatic heterocycles. The van der Waals surface area contributed by atoms with Crippen LogP contribution in [0.1, 0.15) is 143 Å². The highest BCUT2D eigenvalue weighted by Crippen LogP contribution is 2.58. The van der Waals surface area contributed by atoms with E-state index in [1.54, 1.807) is 25.8 Å². The molecule has 12 atom stereocenters. The van der Waals surface area contributed by atoms with Crippen LogP contribution in [0.4, 0.5) is 0 Å². The van der Waals surface area contributed by atoms with Crippen LogP contribution in [0.15, 0.2) is 30.3 Å². The van der Waals surface area contributed by atoms with E-state index in [2.05, 4.69) is 36.6 Å². The SMILES string of the molecule is CCCCCC1(CCCCC)OC2C3CC4(C(=O)NC(C(=O)NC(CO)CCC(=O)OC(C)(C)C)C(C)O)C(ON(Cc5ccccc5C=CC5CCC6OC6C5)C4C(=O)O3)C2O1. The highest BCUT2D eigenvalue weighted by molar-refractivity contribution is 5.96. The van der Waals surface area contributed by atoms with Crippen molar-refractivity contribution < 1.29 is 57.9 Å². The maximum atomic E-state index is 15.3. The number of esters is 2. The topological polar surface area (TPSA) is 195 Å².